The molecule has 1 aliphatic heterocycles. The van der Waals surface area contributed by atoms with Gasteiger partial charge < -0.3 is 10.2 Å². The van der Waals surface area contributed by atoms with Crippen molar-refractivity contribution in [2.75, 3.05) is 46.3 Å². The maximum atomic E-state index is 13.9. The molecule has 1 aromatic carbocycles. The highest BCUT2D eigenvalue weighted by molar-refractivity contribution is 6.31. The number of piperazine rings is 1. The fourth-order valence-electron chi connectivity index (χ4n) is 3.15. The molecule has 1 aliphatic rings. The van der Waals surface area contributed by atoms with Crippen LogP contribution < -0.4 is 5.32 Å². The van der Waals surface area contributed by atoms with E-state index < -0.39 is 0 Å². The molecule has 0 aromatic heterocycles. The third-order valence-corrected chi connectivity index (χ3v) is 4.86. The first-order valence-electron chi connectivity index (χ1n) is 9.48. The molecule has 156 valence electrons. The average molecular weight is 413 g/mol. The van der Waals surface area contributed by atoms with E-state index in [-0.39, 0.29) is 36.3 Å². The molecule has 1 N–H and O–H groups in total. The van der Waals surface area contributed by atoms with Crippen LogP contribution in [-0.2, 0) is 16.1 Å². The molecular formula is C20H30ClFN4O2. The Morgan fingerprint density at radius 1 is 1.18 bits per heavy atom. The number of rotatable bonds is 6. The van der Waals surface area contributed by atoms with Crippen LogP contribution in [-0.4, -0.2) is 78.4 Å². The quantitative estimate of drug-likeness (QED) is 0.776. The van der Waals surface area contributed by atoms with Crippen molar-refractivity contribution in [2.45, 2.75) is 32.9 Å². The lowest BCUT2D eigenvalue weighted by molar-refractivity contribution is -0.134. The summed E-state index contributed by atoms with van der Waals surface area (Å²) < 4.78 is 13.9. The third kappa shape index (κ3) is 7.04. The zero-order valence-electron chi connectivity index (χ0n) is 17.1. The Bertz CT molecular complexity index is 680. The van der Waals surface area contributed by atoms with Gasteiger partial charge in [0.05, 0.1) is 13.1 Å². The first kappa shape index (κ1) is 22.6. The molecule has 6 nitrogen and oxygen atoms in total. The SMILES string of the molecule is CN(CC(=O)NC(C)(C)C)CC(=O)N1CCN(Cc2c(F)cccc2Cl)CC1. The molecule has 1 aromatic rings. The number of carbonyl (C=O) groups is 2. The van der Waals surface area contributed by atoms with Gasteiger partial charge in [-0.15, -0.1) is 0 Å². The number of likely N-dealkylation sites (N-methyl/N-ethyl adjacent to an activating group) is 1. The summed E-state index contributed by atoms with van der Waals surface area (Å²) in [4.78, 5) is 30.1. The molecule has 1 saturated heterocycles. The van der Waals surface area contributed by atoms with Crippen molar-refractivity contribution < 1.29 is 14.0 Å². The number of hydrogen-bond donors (Lipinski definition) is 1. The summed E-state index contributed by atoms with van der Waals surface area (Å²) in [5, 5.41) is 3.31. The summed E-state index contributed by atoms with van der Waals surface area (Å²) in [5.41, 5.74) is 0.202. The van der Waals surface area contributed by atoms with Crippen molar-refractivity contribution in [3.8, 4) is 0 Å². The second kappa shape index (κ2) is 9.67. The van der Waals surface area contributed by atoms with E-state index in [0.717, 1.165) is 0 Å². The van der Waals surface area contributed by atoms with Crippen molar-refractivity contribution in [3.05, 3.63) is 34.6 Å². The largest absolute Gasteiger partial charge is 0.350 e. The number of halogens is 2. The van der Waals surface area contributed by atoms with E-state index in [2.05, 4.69) is 10.2 Å². The third-order valence-electron chi connectivity index (χ3n) is 4.50. The zero-order valence-corrected chi connectivity index (χ0v) is 17.9. The topological polar surface area (TPSA) is 55.9 Å². The minimum absolute atomic E-state index is 0.00497. The van der Waals surface area contributed by atoms with E-state index in [1.807, 2.05) is 20.8 Å². The molecule has 0 unspecified atom stereocenters. The summed E-state index contributed by atoms with van der Waals surface area (Å²) in [7, 11) is 1.76. The molecule has 28 heavy (non-hydrogen) atoms. The molecule has 0 spiro atoms. The van der Waals surface area contributed by atoms with Crippen molar-refractivity contribution in [2.24, 2.45) is 0 Å². The molecule has 0 saturated carbocycles. The lowest BCUT2D eigenvalue weighted by Gasteiger charge is -2.35. The lowest BCUT2D eigenvalue weighted by Crippen LogP contribution is -2.51. The number of benzene rings is 1. The van der Waals surface area contributed by atoms with Gasteiger partial charge in [-0.2, -0.15) is 0 Å². The van der Waals surface area contributed by atoms with Crippen LogP contribution in [0.5, 0.6) is 0 Å². The van der Waals surface area contributed by atoms with E-state index in [0.29, 0.717) is 43.3 Å². The van der Waals surface area contributed by atoms with Crippen LogP contribution in [0.1, 0.15) is 26.3 Å². The number of hydrogen-bond acceptors (Lipinski definition) is 4. The maximum Gasteiger partial charge on any atom is 0.236 e. The van der Waals surface area contributed by atoms with Crippen molar-refractivity contribution >= 4 is 23.4 Å². The summed E-state index contributed by atoms with van der Waals surface area (Å²) in [6.07, 6.45) is 0. The van der Waals surface area contributed by atoms with Gasteiger partial charge in [0.2, 0.25) is 11.8 Å². The van der Waals surface area contributed by atoms with Crippen LogP contribution in [0.3, 0.4) is 0 Å². The van der Waals surface area contributed by atoms with Crippen LogP contribution in [0.15, 0.2) is 18.2 Å². The van der Waals surface area contributed by atoms with Gasteiger partial charge in [0.15, 0.2) is 0 Å². The van der Waals surface area contributed by atoms with Crippen LogP contribution in [0.4, 0.5) is 4.39 Å². The Balaban J connectivity index is 1.78. The molecule has 1 heterocycles. The van der Waals surface area contributed by atoms with Gasteiger partial charge in [0, 0.05) is 48.8 Å². The molecule has 0 aliphatic carbocycles. The fraction of sp³-hybridized carbons (Fsp3) is 0.600. The van der Waals surface area contributed by atoms with E-state index >= 15 is 0 Å². The molecule has 2 amide bonds. The summed E-state index contributed by atoms with van der Waals surface area (Å²) in [6.45, 7) is 9.03. The molecule has 1 fully saturated rings. The van der Waals surface area contributed by atoms with Crippen molar-refractivity contribution in [1.82, 2.24) is 20.0 Å². The van der Waals surface area contributed by atoms with Gasteiger partial charge in [-0.1, -0.05) is 17.7 Å². The minimum Gasteiger partial charge on any atom is -0.350 e. The standard InChI is InChI=1S/C20H30ClFN4O2/c1-20(2,3)23-18(27)13-24(4)14-19(28)26-10-8-25(9-11-26)12-15-16(21)6-5-7-17(15)22/h5-7H,8-14H2,1-4H3,(H,23,27). The highest BCUT2D eigenvalue weighted by Crippen LogP contribution is 2.21. The van der Waals surface area contributed by atoms with Crippen molar-refractivity contribution in [1.29, 1.82) is 0 Å². The predicted octanol–water partition coefficient (Wildman–Crippen LogP) is 1.97. The summed E-state index contributed by atoms with van der Waals surface area (Å²) in [6, 6.07) is 4.69. The monoisotopic (exact) mass is 412 g/mol. The Kier molecular flexibility index (Phi) is 7.80. The van der Waals surface area contributed by atoms with E-state index in [1.54, 1.807) is 29.0 Å². The van der Waals surface area contributed by atoms with Crippen LogP contribution in [0, 0.1) is 5.82 Å². The van der Waals surface area contributed by atoms with Gasteiger partial charge in [0.25, 0.3) is 0 Å². The van der Waals surface area contributed by atoms with Crippen molar-refractivity contribution in [3.63, 3.8) is 0 Å². The molecule has 8 heteroatoms. The Morgan fingerprint density at radius 3 is 2.39 bits per heavy atom. The van der Waals surface area contributed by atoms with Crippen LogP contribution >= 0.6 is 11.6 Å². The molecule has 0 bridgehead atoms. The highest BCUT2D eigenvalue weighted by atomic mass is 35.5. The van der Waals surface area contributed by atoms with E-state index in [9.17, 15) is 14.0 Å². The average Bonchev–Trinajstić information content (AvgIpc) is 2.56. The normalized spacial score (nSPS) is 15.8. The Morgan fingerprint density at radius 2 is 1.82 bits per heavy atom. The summed E-state index contributed by atoms with van der Waals surface area (Å²) in [5.74, 6) is -0.412. The van der Waals surface area contributed by atoms with Gasteiger partial charge in [-0.25, -0.2) is 4.39 Å². The van der Waals surface area contributed by atoms with E-state index in [4.69, 9.17) is 11.6 Å². The number of nitrogens with one attached hydrogen (secondary N) is 1. The Labute approximate surface area is 171 Å². The lowest BCUT2D eigenvalue weighted by atomic mass is 10.1. The molecule has 2 rings (SSSR count). The molecule has 0 atom stereocenters. The van der Waals surface area contributed by atoms with E-state index in [1.165, 1.54) is 6.07 Å². The summed E-state index contributed by atoms with van der Waals surface area (Å²) >= 11 is 6.10. The van der Waals surface area contributed by atoms with Gasteiger partial charge >= 0.3 is 0 Å². The smallest absolute Gasteiger partial charge is 0.236 e. The molecule has 0 radical (unpaired) electrons. The number of nitrogens with zero attached hydrogens (tertiary/aromatic N) is 3. The second-order valence-electron chi connectivity index (χ2n) is 8.33. The number of carbonyl (C=O) groups excluding carboxylic acids is 2. The van der Waals surface area contributed by atoms with Gasteiger partial charge in [-0.05, 0) is 40.0 Å². The minimum atomic E-state index is -0.304. The first-order chi connectivity index (χ1) is 13.0. The van der Waals surface area contributed by atoms with Gasteiger partial charge in [-0.3, -0.25) is 19.4 Å². The van der Waals surface area contributed by atoms with Crippen LogP contribution in [0.2, 0.25) is 5.02 Å². The Hall–Kier alpha value is -1.70. The predicted molar refractivity (Wildman–Crippen MR) is 109 cm³/mol. The fourth-order valence-corrected chi connectivity index (χ4v) is 3.37. The maximum absolute atomic E-state index is 13.9. The number of amides is 2. The highest BCUT2D eigenvalue weighted by Gasteiger charge is 2.24. The van der Waals surface area contributed by atoms with Crippen LogP contribution in [0.25, 0.3) is 0 Å². The molecular weight excluding hydrogens is 383 g/mol. The first-order valence-corrected chi connectivity index (χ1v) is 9.85. The van der Waals surface area contributed by atoms with Gasteiger partial charge in [0.1, 0.15) is 5.82 Å². The zero-order chi connectivity index (χ0) is 20.9. The second-order valence-corrected chi connectivity index (χ2v) is 8.73.